The third-order valence-electron chi connectivity index (χ3n) is 3.55. The second-order valence-electron chi connectivity index (χ2n) is 5.25. The maximum absolute atomic E-state index is 11.9. The highest BCUT2D eigenvalue weighted by Gasteiger charge is 2.15. The number of nitrogens with one attached hydrogen (secondary N) is 2. The molecule has 2 heterocycles. The van der Waals surface area contributed by atoms with Crippen molar-refractivity contribution in [2.24, 2.45) is 0 Å². The first kappa shape index (κ1) is 14.9. The first-order chi connectivity index (χ1) is 10.7. The predicted octanol–water partition coefficient (Wildman–Crippen LogP) is 0.862. The van der Waals surface area contributed by atoms with Crippen LogP contribution >= 0.6 is 11.6 Å². The van der Waals surface area contributed by atoms with E-state index < -0.39 is 0 Å². The van der Waals surface area contributed by atoms with E-state index >= 15 is 0 Å². The molecule has 3 rings (SSSR count). The summed E-state index contributed by atoms with van der Waals surface area (Å²) in [5, 5.41) is 18.9. The molecule has 1 saturated heterocycles. The van der Waals surface area contributed by atoms with Gasteiger partial charge in [-0.25, -0.2) is 0 Å². The van der Waals surface area contributed by atoms with Crippen LogP contribution in [0.5, 0.6) is 0 Å². The van der Waals surface area contributed by atoms with E-state index in [1.165, 1.54) is 4.80 Å². The Labute approximate surface area is 133 Å². The second-order valence-corrected chi connectivity index (χ2v) is 5.68. The van der Waals surface area contributed by atoms with Gasteiger partial charge in [0, 0.05) is 23.2 Å². The Hall–Kier alpha value is -1.99. The minimum Gasteiger partial charge on any atom is -0.353 e. The van der Waals surface area contributed by atoms with Crippen molar-refractivity contribution in [2.75, 3.05) is 13.1 Å². The number of aromatic nitrogens is 4. The zero-order valence-electron chi connectivity index (χ0n) is 12.0. The first-order valence-electron chi connectivity index (χ1n) is 7.24. The Morgan fingerprint density at radius 3 is 2.95 bits per heavy atom. The predicted molar refractivity (Wildman–Crippen MR) is 82.3 cm³/mol. The van der Waals surface area contributed by atoms with Gasteiger partial charge in [0.05, 0.1) is 0 Å². The number of hydrogen-bond donors (Lipinski definition) is 2. The molecule has 0 aliphatic carbocycles. The lowest BCUT2D eigenvalue weighted by molar-refractivity contribution is -0.122. The summed E-state index contributed by atoms with van der Waals surface area (Å²) in [6, 6.07) is 7.53. The molecule has 116 valence electrons. The van der Waals surface area contributed by atoms with E-state index in [4.69, 9.17) is 11.6 Å². The largest absolute Gasteiger partial charge is 0.353 e. The highest BCUT2D eigenvalue weighted by Crippen LogP contribution is 2.16. The van der Waals surface area contributed by atoms with Crippen molar-refractivity contribution in [2.45, 2.75) is 25.4 Å². The monoisotopic (exact) mass is 320 g/mol. The molecule has 8 heteroatoms. The second kappa shape index (κ2) is 6.85. The molecule has 1 aliphatic heterocycles. The molecule has 1 amide bonds. The van der Waals surface area contributed by atoms with Crippen LogP contribution in [0.25, 0.3) is 11.4 Å². The number of halogens is 1. The van der Waals surface area contributed by atoms with E-state index in [0.29, 0.717) is 23.4 Å². The van der Waals surface area contributed by atoms with Gasteiger partial charge in [0.2, 0.25) is 11.7 Å². The Morgan fingerprint density at radius 2 is 2.23 bits per heavy atom. The SMILES string of the molecule is O=C(Cn1nnc(-c2ccc(Cl)cc2)n1)NCC1CCCN1. The summed E-state index contributed by atoms with van der Waals surface area (Å²) in [4.78, 5) is 13.2. The fourth-order valence-electron chi connectivity index (χ4n) is 2.38. The molecule has 0 spiro atoms. The van der Waals surface area contributed by atoms with Crippen LogP contribution in [0.4, 0.5) is 0 Å². The number of carbonyl (C=O) groups excluding carboxylic acids is 1. The summed E-state index contributed by atoms with van der Waals surface area (Å²) in [5.74, 6) is 0.357. The maximum atomic E-state index is 11.9. The number of benzene rings is 1. The van der Waals surface area contributed by atoms with Crippen molar-refractivity contribution in [1.82, 2.24) is 30.8 Å². The summed E-state index contributed by atoms with van der Waals surface area (Å²) >= 11 is 5.84. The summed E-state index contributed by atoms with van der Waals surface area (Å²) in [5.41, 5.74) is 0.811. The lowest BCUT2D eigenvalue weighted by atomic mass is 10.2. The first-order valence-corrected chi connectivity index (χ1v) is 7.62. The summed E-state index contributed by atoms with van der Waals surface area (Å²) in [7, 11) is 0. The number of hydrogen-bond acceptors (Lipinski definition) is 5. The molecule has 1 aromatic heterocycles. The van der Waals surface area contributed by atoms with Crippen molar-refractivity contribution in [3.63, 3.8) is 0 Å². The van der Waals surface area contributed by atoms with Crippen molar-refractivity contribution >= 4 is 17.5 Å². The minimum atomic E-state index is -0.117. The Morgan fingerprint density at radius 1 is 1.41 bits per heavy atom. The van der Waals surface area contributed by atoms with Crippen molar-refractivity contribution in [3.8, 4) is 11.4 Å². The maximum Gasteiger partial charge on any atom is 0.243 e. The summed E-state index contributed by atoms with van der Waals surface area (Å²) in [6.45, 7) is 1.72. The van der Waals surface area contributed by atoms with Gasteiger partial charge in [-0.3, -0.25) is 4.79 Å². The number of amides is 1. The number of rotatable bonds is 5. The average Bonchev–Trinajstić information content (AvgIpc) is 3.17. The fourth-order valence-corrected chi connectivity index (χ4v) is 2.50. The Kier molecular flexibility index (Phi) is 4.65. The molecule has 0 saturated carbocycles. The van der Waals surface area contributed by atoms with Crippen LogP contribution in [-0.4, -0.2) is 45.2 Å². The van der Waals surface area contributed by atoms with Gasteiger partial charge >= 0.3 is 0 Å². The van der Waals surface area contributed by atoms with Crippen LogP contribution in [0.15, 0.2) is 24.3 Å². The fraction of sp³-hybridized carbons (Fsp3) is 0.429. The van der Waals surface area contributed by atoms with Crippen molar-refractivity contribution in [1.29, 1.82) is 0 Å². The average molecular weight is 321 g/mol. The molecule has 22 heavy (non-hydrogen) atoms. The van der Waals surface area contributed by atoms with Gasteiger partial charge in [0.25, 0.3) is 0 Å². The van der Waals surface area contributed by atoms with E-state index in [-0.39, 0.29) is 12.5 Å². The van der Waals surface area contributed by atoms with E-state index in [1.807, 2.05) is 12.1 Å². The van der Waals surface area contributed by atoms with Gasteiger partial charge in [-0.15, -0.1) is 10.2 Å². The molecule has 1 unspecified atom stereocenters. The van der Waals surface area contributed by atoms with Gasteiger partial charge < -0.3 is 10.6 Å². The zero-order chi connectivity index (χ0) is 15.4. The van der Waals surface area contributed by atoms with Gasteiger partial charge in [-0.05, 0) is 48.9 Å². The van der Waals surface area contributed by atoms with E-state index in [0.717, 1.165) is 24.9 Å². The zero-order valence-corrected chi connectivity index (χ0v) is 12.8. The molecule has 1 fully saturated rings. The topological polar surface area (TPSA) is 84.7 Å². The van der Waals surface area contributed by atoms with Crippen LogP contribution < -0.4 is 10.6 Å². The quantitative estimate of drug-likeness (QED) is 0.853. The van der Waals surface area contributed by atoms with Gasteiger partial charge in [0.1, 0.15) is 6.54 Å². The normalized spacial score (nSPS) is 17.6. The molecule has 1 atom stereocenters. The molecular formula is C14H17ClN6O. The third kappa shape index (κ3) is 3.80. The molecule has 0 bridgehead atoms. The number of carbonyl (C=O) groups is 1. The van der Waals surface area contributed by atoms with Crippen LogP contribution in [0.1, 0.15) is 12.8 Å². The van der Waals surface area contributed by atoms with Gasteiger partial charge in [0.15, 0.2) is 0 Å². The third-order valence-corrected chi connectivity index (χ3v) is 3.80. The molecule has 0 radical (unpaired) electrons. The number of tetrazole rings is 1. The molecule has 1 aromatic carbocycles. The highest BCUT2D eigenvalue weighted by molar-refractivity contribution is 6.30. The lowest BCUT2D eigenvalue weighted by Crippen LogP contribution is -2.38. The summed E-state index contributed by atoms with van der Waals surface area (Å²) < 4.78 is 0. The Balaban J connectivity index is 1.54. The molecule has 7 nitrogen and oxygen atoms in total. The summed E-state index contributed by atoms with van der Waals surface area (Å²) in [6.07, 6.45) is 2.26. The minimum absolute atomic E-state index is 0.0628. The molecule has 2 N–H and O–H groups in total. The highest BCUT2D eigenvalue weighted by atomic mass is 35.5. The van der Waals surface area contributed by atoms with E-state index in [2.05, 4.69) is 26.0 Å². The van der Waals surface area contributed by atoms with Gasteiger partial charge in [-0.1, -0.05) is 11.6 Å². The van der Waals surface area contributed by atoms with Crippen LogP contribution in [0, 0.1) is 0 Å². The Bertz CT molecular complexity index is 635. The van der Waals surface area contributed by atoms with Crippen molar-refractivity contribution in [3.05, 3.63) is 29.3 Å². The van der Waals surface area contributed by atoms with E-state index in [9.17, 15) is 4.79 Å². The van der Waals surface area contributed by atoms with E-state index in [1.54, 1.807) is 12.1 Å². The molecular weight excluding hydrogens is 304 g/mol. The standard InChI is InChI=1S/C14H17ClN6O/c15-11-5-3-10(4-6-11)14-18-20-21(19-14)9-13(22)17-8-12-2-1-7-16-12/h3-6,12,16H,1-2,7-9H2,(H,17,22). The van der Waals surface area contributed by atoms with Crippen LogP contribution in [0.2, 0.25) is 5.02 Å². The van der Waals surface area contributed by atoms with Crippen LogP contribution in [0.3, 0.4) is 0 Å². The molecule has 2 aromatic rings. The number of nitrogens with zero attached hydrogens (tertiary/aromatic N) is 4. The molecule has 1 aliphatic rings. The van der Waals surface area contributed by atoms with Crippen molar-refractivity contribution < 1.29 is 4.79 Å². The lowest BCUT2D eigenvalue weighted by Gasteiger charge is -2.10. The van der Waals surface area contributed by atoms with Gasteiger partial charge in [-0.2, -0.15) is 4.80 Å². The smallest absolute Gasteiger partial charge is 0.243 e. The van der Waals surface area contributed by atoms with Crippen LogP contribution in [-0.2, 0) is 11.3 Å².